The van der Waals surface area contributed by atoms with Gasteiger partial charge in [-0.1, -0.05) is 35.5 Å². The van der Waals surface area contributed by atoms with Crippen molar-refractivity contribution in [2.24, 2.45) is 0 Å². The van der Waals surface area contributed by atoms with Crippen LogP contribution in [0, 0.1) is 25.2 Å². The van der Waals surface area contributed by atoms with E-state index in [-0.39, 0.29) is 0 Å². The molecule has 17 heavy (non-hydrogen) atoms. The fraction of sp³-hybridized carbons (Fsp3) is 0.143. The van der Waals surface area contributed by atoms with E-state index in [9.17, 15) is 0 Å². The van der Waals surface area contributed by atoms with Crippen LogP contribution in [0.4, 0.5) is 0 Å². The van der Waals surface area contributed by atoms with Crippen LogP contribution < -0.4 is 0 Å². The number of hydrogen-bond donors (Lipinski definition) is 0. The van der Waals surface area contributed by atoms with E-state index in [1.165, 1.54) is 16.0 Å². The smallest absolute Gasteiger partial charge is 0.141 e. The van der Waals surface area contributed by atoms with Crippen molar-refractivity contribution in [2.75, 3.05) is 0 Å². The fourth-order valence-corrected chi connectivity index (χ4v) is 2.43. The Balaban J connectivity index is 2.28. The van der Waals surface area contributed by atoms with Gasteiger partial charge < -0.3 is 0 Å². The first-order valence-electron chi connectivity index (χ1n) is 5.31. The van der Waals surface area contributed by atoms with Gasteiger partial charge in [-0.2, -0.15) is 5.26 Å². The van der Waals surface area contributed by atoms with Crippen LogP contribution in [0.15, 0.2) is 46.3 Å². The summed E-state index contributed by atoms with van der Waals surface area (Å²) >= 11 is 1.59. The van der Waals surface area contributed by atoms with Gasteiger partial charge in [0.1, 0.15) is 16.8 Å². The Morgan fingerprint density at radius 3 is 2.71 bits per heavy atom. The molecule has 0 saturated carbocycles. The molecule has 0 aliphatic heterocycles. The molecule has 0 spiro atoms. The summed E-state index contributed by atoms with van der Waals surface area (Å²) in [5.41, 5.74) is 2.95. The first-order valence-corrected chi connectivity index (χ1v) is 6.13. The number of nitriles is 1. The predicted octanol–water partition coefficient (Wildman–Crippen LogP) is 3.72. The minimum Gasteiger partial charge on any atom is -0.230 e. The molecule has 0 N–H and O–H groups in total. The van der Waals surface area contributed by atoms with Crippen molar-refractivity contribution >= 4 is 11.8 Å². The lowest BCUT2D eigenvalue weighted by Gasteiger charge is -2.05. The Bertz CT molecular complexity index is 585. The number of aromatic nitrogens is 1. The molecule has 84 valence electrons. The van der Waals surface area contributed by atoms with Gasteiger partial charge >= 0.3 is 0 Å². The first kappa shape index (κ1) is 11.7. The van der Waals surface area contributed by atoms with Crippen LogP contribution in [-0.4, -0.2) is 4.98 Å². The first-order chi connectivity index (χ1) is 8.19. The predicted molar refractivity (Wildman–Crippen MR) is 69.0 cm³/mol. The van der Waals surface area contributed by atoms with Crippen molar-refractivity contribution in [3.63, 3.8) is 0 Å². The van der Waals surface area contributed by atoms with Crippen molar-refractivity contribution in [3.05, 3.63) is 53.2 Å². The summed E-state index contributed by atoms with van der Waals surface area (Å²) in [6.45, 7) is 4.17. The summed E-state index contributed by atoms with van der Waals surface area (Å²) in [6.07, 6.45) is 0. The van der Waals surface area contributed by atoms with Gasteiger partial charge in [-0.05, 0) is 37.6 Å². The third kappa shape index (κ3) is 2.86. The Kier molecular flexibility index (Phi) is 3.46. The van der Waals surface area contributed by atoms with Gasteiger partial charge in [-0.15, -0.1) is 0 Å². The van der Waals surface area contributed by atoms with Crippen LogP contribution >= 0.6 is 11.8 Å². The zero-order valence-electron chi connectivity index (χ0n) is 9.77. The highest BCUT2D eigenvalue weighted by Gasteiger charge is 2.03. The number of rotatable bonds is 2. The minimum atomic E-state index is 0.458. The number of pyridine rings is 1. The molecule has 0 aliphatic carbocycles. The van der Waals surface area contributed by atoms with Crippen molar-refractivity contribution in [1.29, 1.82) is 5.26 Å². The molecular formula is C14H12N2S. The molecule has 0 amide bonds. The summed E-state index contributed by atoms with van der Waals surface area (Å²) < 4.78 is 0. The number of hydrogen-bond acceptors (Lipinski definition) is 3. The summed E-state index contributed by atoms with van der Waals surface area (Å²) in [5, 5.41) is 9.65. The molecule has 0 radical (unpaired) electrons. The molecule has 0 atom stereocenters. The standard InChI is InChI=1S/C14H12N2S/c1-10-6-7-13(11(2)8-10)17-14-5-3-4-12(9-15)16-14/h3-8H,1-2H3. The van der Waals surface area contributed by atoms with Crippen LogP contribution in [0.25, 0.3) is 0 Å². The van der Waals surface area contributed by atoms with Gasteiger partial charge in [0.05, 0.1) is 0 Å². The Morgan fingerprint density at radius 1 is 1.18 bits per heavy atom. The van der Waals surface area contributed by atoms with Crippen molar-refractivity contribution in [3.8, 4) is 6.07 Å². The molecule has 0 saturated heterocycles. The van der Waals surface area contributed by atoms with Crippen LogP contribution in [-0.2, 0) is 0 Å². The highest BCUT2D eigenvalue weighted by atomic mass is 32.2. The zero-order chi connectivity index (χ0) is 12.3. The summed E-state index contributed by atoms with van der Waals surface area (Å²) in [7, 11) is 0. The molecule has 0 unspecified atom stereocenters. The normalized spacial score (nSPS) is 9.94. The SMILES string of the molecule is Cc1ccc(Sc2cccc(C#N)n2)c(C)c1. The average molecular weight is 240 g/mol. The maximum absolute atomic E-state index is 8.80. The van der Waals surface area contributed by atoms with E-state index in [2.05, 4.69) is 43.1 Å². The Hall–Kier alpha value is -1.79. The quantitative estimate of drug-likeness (QED) is 0.802. The van der Waals surface area contributed by atoms with E-state index < -0.39 is 0 Å². The molecule has 2 nitrogen and oxygen atoms in total. The van der Waals surface area contributed by atoms with Crippen molar-refractivity contribution in [2.45, 2.75) is 23.8 Å². The molecule has 0 aliphatic rings. The van der Waals surface area contributed by atoms with Gasteiger partial charge in [-0.3, -0.25) is 0 Å². The highest BCUT2D eigenvalue weighted by molar-refractivity contribution is 7.99. The molecule has 2 rings (SSSR count). The molecule has 3 heteroatoms. The van der Waals surface area contributed by atoms with E-state index in [0.29, 0.717) is 5.69 Å². The average Bonchev–Trinajstić information content (AvgIpc) is 2.33. The monoisotopic (exact) mass is 240 g/mol. The molecule has 1 aromatic carbocycles. The Morgan fingerprint density at radius 2 is 2.00 bits per heavy atom. The maximum Gasteiger partial charge on any atom is 0.141 e. The number of benzene rings is 1. The van der Waals surface area contributed by atoms with Gasteiger partial charge in [-0.25, -0.2) is 4.98 Å². The topological polar surface area (TPSA) is 36.7 Å². The van der Waals surface area contributed by atoms with E-state index in [0.717, 1.165) is 5.03 Å². The molecular weight excluding hydrogens is 228 g/mol. The minimum absolute atomic E-state index is 0.458. The molecule has 2 aromatic rings. The second kappa shape index (κ2) is 5.03. The van der Waals surface area contributed by atoms with Gasteiger partial charge in [0.25, 0.3) is 0 Å². The van der Waals surface area contributed by atoms with Crippen LogP contribution in [0.3, 0.4) is 0 Å². The van der Waals surface area contributed by atoms with Crippen LogP contribution in [0.2, 0.25) is 0 Å². The van der Waals surface area contributed by atoms with E-state index in [4.69, 9.17) is 5.26 Å². The van der Waals surface area contributed by atoms with E-state index in [1.807, 2.05) is 12.1 Å². The summed E-state index contributed by atoms with van der Waals surface area (Å²) in [6, 6.07) is 13.9. The summed E-state index contributed by atoms with van der Waals surface area (Å²) in [5.74, 6) is 0. The molecule has 1 aromatic heterocycles. The molecule has 1 heterocycles. The van der Waals surface area contributed by atoms with Crippen molar-refractivity contribution in [1.82, 2.24) is 4.98 Å². The summed E-state index contributed by atoms with van der Waals surface area (Å²) in [4.78, 5) is 5.43. The van der Waals surface area contributed by atoms with Crippen LogP contribution in [0.1, 0.15) is 16.8 Å². The lowest BCUT2D eigenvalue weighted by molar-refractivity contribution is 1.10. The number of nitrogens with zero attached hydrogens (tertiary/aromatic N) is 2. The van der Waals surface area contributed by atoms with Gasteiger partial charge in [0.15, 0.2) is 0 Å². The second-order valence-corrected chi connectivity index (χ2v) is 4.91. The third-order valence-electron chi connectivity index (χ3n) is 2.38. The second-order valence-electron chi connectivity index (χ2n) is 3.84. The lowest BCUT2D eigenvalue weighted by Crippen LogP contribution is -1.86. The van der Waals surface area contributed by atoms with Crippen molar-refractivity contribution < 1.29 is 0 Å². The zero-order valence-corrected chi connectivity index (χ0v) is 10.6. The van der Waals surface area contributed by atoms with E-state index >= 15 is 0 Å². The fourth-order valence-electron chi connectivity index (χ4n) is 1.56. The maximum atomic E-state index is 8.80. The number of aryl methyl sites for hydroxylation is 2. The third-order valence-corrected chi connectivity index (χ3v) is 3.50. The molecule has 0 fully saturated rings. The molecule has 0 bridgehead atoms. The van der Waals surface area contributed by atoms with E-state index in [1.54, 1.807) is 17.8 Å². The van der Waals surface area contributed by atoms with Crippen LogP contribution in [0.5, 0.6) is 0 Å². The largest absolute Gasteiger partial charge is 0.230 e. The highest BCUT2D eigenvalue weighted by Crippen LogP contribution is 2.29. The lowest BCUT2D eigenvalue weighted by atomic mass is 10.2. The van der Waals surface area contributed by atoms with Gasteiger partial charge in [0.2, 0.25) is 0 Å². The van der Waals surface area contributed by atoms with Gasteiger partial charge in [0, 0.05) is 4.90 Å². The Labute approximate surface area is 105 Å².